The highest BCUT2D eigenvalue weighted by atomic mass is 16.1. The normalized spacial score (nSPS) is 22.5. The van der Waals surface area contributed by atoms with Crippen LogP contribution < -0.4 is 22.5 Å². The van der Waals surface area contributed by atoms with Gasteiger partial charge in [-0.25, -0.2) is 4.98 Å². The molecular formula is C19H29N7O. The van der Waals surface area contributed by atoms with Gasteiger partial charge in [0.05, 0.1) is 11.6 Å². The van der Waals surface area contributed by atoms with E-state index >= 15 is 0 Å². The lowest BCUT2D eigenvalue weighted by molar-refractivity contribution is 0.100. The highest BCUT2D eigenvalue weighted by Gasteiger charge is 2.22. The van der Waals surface area contributed by atoms with Gasteiger partial charge in [-0.2, -0.15) is 0 Å². The van der Waals surface area contributed by atoms with E-state index in [1.165, 1.54) is 19.2 Å². The number of rotatable bonds is 6. The first-order chi connectivity index (χ1) is 13.1. The molecule has 2 fully saturated rings. The Morgan fingerprint density at radius 2 is 2.15 bits per heavy atom. The zero-order chi connectivity index (χ0) is 19.2. The average molecular weight is 371 g/mol. The van der Waals surface area contributed by atoms with Crippen LogP contribution in [-0.2, 0) is 0 Å². The molecule has 3 rings (SSSR count). The lowest BCUT2D eigenvalue weighted by atomic mass is 10.0. The van der Waals surface area contributed by atoms with E-state index < -0.39 is 5.91 Å². The first-order valence-electron chi connectivity index (χ1n) is 9.50. The van der Waals surface area contributed by atoms with Crippen LogP contribution in [0.2, 0.25) is 0 Å². The molecule has 2 aliphatic heterocycles. The summed E-state index contributed by atoms with van der Waals surface area (Å²) in [5, 5.41) is 3.43. The minimum Gasteiger partial charge on any atom is -0.404 e. The highest BCUT2D eigenvalue weighted by molar-refractivity contribution is 6.10. The van der Waals surface area contributed by atoms with E-state index in [4.69, 9.17) is 22.2 Å². The van der Waals surface area contributed by atoms with Gasteiger partial charge in [-0.3, -0.25) is 9.79 Å². The first kappa shape index (κ1) is 19.3. The Bertz CT molecular complexity index is 717. The smallest absolute Gasteiger partial charge is 0.252 e. The molecule has 0 aromatic carbocycles. The first-order valence-corrected chi connectivity index (χ1v) is 9.50. The summed E-state index contributed by atoms with van der Waals surface area (Å²) in [6.45, 7) is 5.64. The Balaban J connectivity index is 1.57. The summed E-state index contributed by atoms with van der Waals surface area (Å²) in [7, 11) is 0. The number of likely N-dealkylation sites (tertiary alicyclic amines) is 1. The predicted octanol–water partition coefficient (Wildman–Crippen LogP) is 0.207. The quantitative estimate of drug-likeness (QED) is 0.528. The van der Waals surface area contributed by atoms with E-state index in [0.717, 1.165) is 44.9 Å². The Labute approximate surface area is 159 Å². The Hall–Kier alpha value is -2.45. The van der Waals surface area contributed by atoms with Crippen molar-refractivity contribution < 1.29 is 4.79 Å². The summed E-state index contributed by atoms with van der Waals surface area (Å²) < 4.78 is 0. The second kappa shape index (κ2) is 8.96. The highest BCUT2D eigenvalue weighted by Crippen LogP contribution is 2.19. The fourth-order valence-corrected chi connectivity index (χ4v) is 3.72. The monoisotopic (exact) mass is 371 g/mol. The van der Waals surface area contributed by atoms with Gasteiger partial charge in [-0.1, -0.05) is 0 Å². The Morgan fingerprint density at radius 1 is 1.37 bits per heavy atom. The van der Waals surface area contributed by atoms with Crippen LogP contribution in [0, 0.1) is 5.92 Å². The van der Waals surface area contributed by atoms with Crippen LogP contribution in [0.4, 0.5) is 5.82 Å². The number of hydrogen-bond donors (Lipinski definition) is 4. The largest absolute Gasteiger partial charge is 0.404 e. The number of nitrogens with one attached hydrogen (secondary N) is 1. The molecule has 1 unspecified atom stereocenters. The maximum atomic E-state index is 11.5. The standard InChI is InChI=1S/C19H29N7O/c20-8-15(14-7-17(19(22)27)18(21)25-10-14)11-24-16-2-5-26(6-3-16)12-13-1-4-23-9-13/h7-8,10-11,13,16,23H,1-6,9,12,20H2,(H2,21,25)(H2,22,27). The average Bonchev–Trinajstić information content (AvgIpc) is 3.17. The molecule has 0 spiro atoms. The van der Waals surface area contributed by atoms with Crippen molar-refractivity contribution in [1.82, 2.24) is 15.2 Å². The van der Waals surface area contributed by atoms with Crippen LogP contribution in [0.15, 0.2) is 23.5 Å². The van der Waals surface area contributed by atoms with Crippen molar-refractivity contribution in [3.63, 3.8) is 0 Å². The van der Waals surface area contributed by atoms with E-state index in [0.29, 0.717) is 11.1 Å². The molecule has 0 radical (unpaired) electrons. The van der Waals surface area contributed by atoms with E-state index in [-0.39, 0.29) is 17.4 Å². The molecule has 0 saturated carbocycles. The number of anilines is 1. The Morgan fingerprint density at radius 3 is 2.78 bits per heavy atom. The zero-order valence-electron chi connectivity index (χ0n) is 15.6. The summed E-state index contributed by atoms with van der Waals surface area (Å²) >= 11 is 0. The molecule has 1 amide bonds. The van der Waals surface area contributed by atoms with Crippen LogP contribution in [0.3, 0.4) is 0 Å². The summed E-state index contributed by atoms with van der Waals surface area (Å²) in [4.78, 5) is 22.7. The fraction of sp³-hybridized carbons (Fsp3) is 0.526. The van der Waals surface area contributed by atoms with E-state index in [1.54, 1.807) is 18.5 Å². The van der Waals surface area contributed by atoms with E-state index in [1.807, 2.05) is 0 Å². The zero-order valence-corrected chi connectivity index (χ0v) is 15.6. The number of aliphatic imine (C=N–C) groups is 1. The van der Waals surface area contributed by atoms with Crippen molar-refractivity contribution in [3.8, 4) is 0 Å². The molecule has 8 nitrogen and oxygen atoms in total. The molecule has 0 bridgehead atoms. The van der Waals surface area contributed by atoms with E-state index in [2.05, 4.69) is 15.2 Å². The van der Waals surface area contributed by atoms with Crippen LogP contribution >= 0.6 is 0 Å². The minimum absolute atomic E-state index is 0.115. The third-order valence-corrected chi connectivity index (χ3v) is 5.36. The number of hydrogen-bond acceptors (Lipinski definition) is 7. The number of primary amides is 1. The molecule has 0 aliphatic carbocycles. The second-order valence-corrected chi connectivity index (χ2v) is 7.31. The number of carbonyl (C=O) groups excluding carboxylic acids is 1. The number of aromatic nitrogens is 1. The maximum Gasteiger partial charge on any atom is 0.252 e. The molecule has 1 aromatic rings. The minimum atomic E-state index is -0.611. The topological polar surface area (TPSA) is 136 Å². The van der Waals surface area contributed by atoms with Crippen LogP contribution in [0.25, 0.3) is 5.57 Å². The number of amides is 1. The number of nitrogens with two attached hydrogens (primary N) is 3. The predicted molar refractivity (Wildman–Crippen MR) is 108 cm³/mol. The molecule has 1 atom stereocenters. The lowest BCUT2D eigenvalue weighted by Crippen LogP contribution is -2.38. The molecule has 27 heavy (non-hydrogen) atoms. The summed E-state index contributed by atoms with van der Waals surface area (Å²) in [5.41, 5.74) is 18.3. The number of pyridine rings is 1. The van der Waals surface area contributed by atoms with Crippen molar-refractivity contribution in [2.75, 3.05) is 38.5 Å². The second-order valence-electron chi connectivity index (χ2n) is 7.31. The van der Waals surface area contributed by atoms with Crippen molar-refractivity contribution in [1.29, 1.82) is 0 Å². The van der Waals surface area contributed by atoms with Gasteiger partial charge >= 0.3 is 0 Å². The van der Waals surface area contributed by atoms with Gasteiger partial charge in [0.15, 0.2) is 0 Å². The summed E-state index contributed by atoms with van der Waals surface area (Å²) in [6.07, 6.45) is 8.17. The number of piperidine rings is 1. The fourth-order valence-electron chi connectivity index (χ4n) is 3.72. The van der Waals surface area contributed by atoms with Gasteiger partial charge in [0.1, 0.15) is 5.82 Å². The van der Waals surface area contributed by atoms with Crippen molar-refractivity contribution in [2.45, 2.75) is 25.3 Å². The van der Waals surface area contributed by atoms with Crippen molar-refractivity contribution in [3.05, 3.63) is 29.6 Å². The molecule has 2 aliphatic rings. The van der Waals surface area contributed by atoms with E-state index in [9.17, 15) is 4.79 Å². The van der Waals surface area contributed by atoms with Gasteiger partial charge in [0.25, 0.3) is 5.91 Å². The molecule has 7 N–H and O–H groups in total. The van der Waals surface area contributed by atoms with Gasteiger partial charge in [-0.15, -0.1) is 0 Å². The molecule has 8 heteroatoms. The third kappa shape index (κ3) is 5.05. The van der Waals surface area contributed by atoms with Crippen molar-refractivity contribution in [2.24, 2.45) is 22.4 Å². The third-order valence-electron chi connectivity index (χ3n) is 5.36. The van der Waals surface area contributed by atoms with Gasteiger partial charge in [0, 0.05) is 49.4 Å². The SMILES string of the molecule is NC=C(C=NC1CCN(CC2CCNC2)CC1)c1cnc(N)c(C(N)=O)c1. The van der Waals surface area contributed by atoms with Gasteiger partial charge in [-0.05, 0) is 44.3 Å². The molecule has 1 aromatic heterocycles. The van der Waals surface area contributed by atoms with Crippen LogP contribution in [0.1, 0.15) is 35.2 Å². The summed E-state index contributed by atoms with van der Waals surface area (Å²) in [6, 6.07) is 1.89. The van der Waals surface area contributed by atoms with Crippen LogP contribution in [-0.4, -0.2) is 60.8 Å². The molecular weight excluding hydrogens is 342 g/mol. The van der Waals surface area contributed by atoms with Gasteiger partial charge < -0.3 is 27.4 Å². The molecule has 2 saturated heterocycles. The van der Waals surface area contributed by atoms with Gasteiger partial charge in [0.2, 0.25) is 0 Å². The lowest BCUT2D eigenvalue weighted by Gasteiger charge is -2.31. The number of nitrogens with zero attached hydrogens (tertiary/aromatic N) is 3. The Kier molecular flexibility index (Phi) is 6.41. The molecule has 3 heterocycles. The van der Waals surface area contributed by atoms with Crippen molar-refractivity contribution >= 4 is 23.5 Å². The summed E-state index contributed by atoms with van der Waals surface area (Å²) in [5.74, 6) is 0.290. The molecule has 146 valence electrons. The maximum absolute atomic E-state index is 11.5. The number of allylic oxidation sites excluding steroid dienone is 1. The number of nitrogen functional groups attached to an aromatic ring is 1. The van der Waals surface area contributed by atoms with Crippen LogP contribution in [0.5, 0.6) is 0 Å². The number of carbonyl (C=O) groups is 1.